The lowest BCUT2D eigenvalue weighted by Crippen LogP contribution is -2.30. The van der Waals surface area contributed by atoms with Gasteiger partial charge in [-0.05, 0) is 31.9 Å². The van der Waals surface area contributed by atoms with Crippen molar-refractivity contribution in [1.29, 1.82) is 0 Å². The molecule has 3 heteroatoms. The Kier molecular flexibility index (Phi) is 5.01. The molecule has 1 fully saturated rings. The summed E-state index contributed by atoms with van der Waals surface area (Å²) in [6, 6.07) is 8.10. The van der Waals surface area contributed by atoms with E-state index in [2.05, 4.69) is 5.32 Å². The molecule has 0 aliphatic heterocycles. The molecular formula is C16H21NO2. The summed E-state index contributed by atoms with van der Waals surface area (Å²) in [7, 11) is 0. The third-order valence-corrected chi connectivity index (χ3v) is 3.33. The van der Waals surface area contributed by atoms with Crippen LogP contribution in [0.3, 0.4) is 0 Å². The van der Waals surface area contributed by atoms with Gasteiger partial charge in [0.2, 0.25) is 5.91 Å². The third-order valence-electron chi connectivity index (χ3n) is 3.33. The molecule has 0 bridgehead atoms. The standard InChI is InChI=1S/C16H21NO2/c1-2-19-15-10-6-3-7-13(15)11-12-16(18)17-14-8-4-5-9-14/h3,6-7,10-12,14H,2,4-5,8-9H2,1H3,(H,17,18). The van der Waals surface area contributed by atoms with Crippen molar-refractivity contribution in [2.24, 2.45) is 0 Å². The lowest BCUT2D eigenvalue weighted by atomic mass is 10.2. The highest BCUT2D eigenvalue weighted by Gasteiger charge is 2.15. The summed E-state index contributed by atoms with van der Waals surface area (Å²) in [6.07, 6.45) is 8.07. The maximum absolute atomic E-state index is 11.8. The second-order valence-electron chi connectivity index (χ2n) is 4.79. The number of hydrogen-bond donors (Lipinski definition) is 1. The topological polar surface area (TPSA) is 38.3 Å². The second kappa shape index (κ2) is 6.98. The van der Waals surface area contributed by atoms with Gasteiger partial charge in [-0.1, -0.05) is 31.0 Å². The van der Waals surface area contributed by atoms with Gasteiger partial charge in [-0.2, -0.15) is 0 Å². The molecule has 2 rings (SSSR count). The quantitative estimate of drug-likeness (QED) is 0.825. The first kappa shape index (κ1) is 13.7. The van der Waals surface area contributed by atoms with Crippen molar-refractivity contribution in [3.8, 4) is 5.75 Å². The van der Waals surface area contributed by atoms with E-state index in [0.717, 1.165) is 24.2 Å². The predicted octanol–water partition coefficient (Wildman–Crippen LogP) is 3.16. The number of ether oxygens (including phenoxy) is 1. The van der Waals surface area contributed by atoms with Gasteiger partial charge in [0, 0.05) is 17.7 Å². The Hall–Kier alpha value is -1.77. The maximum atomic E-state index is 11.8. The van der Waals surface area contributed by atoms with Gasteiger partial charge >= 0.3 is 0 Å². The Balaban J connectivity index is 1.95. The third kappa shape index (κ3) is 4.12. The highest BCUT2D eigenvalue weighted by Crippen LogP contribution is 2.20. The summed E-state index contributed by atoms with van der Waals surface area (Å²) in [4.78, 5) is 11.8. The molecule has 0 saturated heterocycles. The van der Waals surface area contributed by atoms with Gasteiger partial charge in [-0.15, -0.1) is 0 Å². The van der Waals surface area contributed by atoms with E-state index in [1.165, 1.54) is 12.8 Å². The molecule has 0 radical (unpaired) electrons. The zero-order valence-corrected chi connectivity index (χ0v) is 11.4. The number of nitrogens with one attached hydrogen (secondary N) is 1. The van der Waals surface area contributed by atoms with E-state index in [1.807, 2.05) is 37.3 Å². The summed E-state index contributed by atoms with van der Waals surface area (Å²) in [5.41, 5.74) is 0.936. The van der Waals surface area contributed by atoms with Crippen LogP contribution in [0.15, 0.2) is 30.3 Å². The molecule has 1 aliphatic carbocycles. The summed E-state index contributed by atoms with van der Waals surface area (Å²) in [5, 5.41) is 3.03. The van der Waals surface area contributed by atoms with Gasteiger partial charge in [0.15, 0.2) is 0 Å². The van der Waals surface area contributed by atoms with Crippen LogP contribution in [0.4, 0.5) is 0 Å². The average molecular weight is 259 g/mol. The van der Waals surface area contributed by atoms with Crippen molar-refractivity contribution in [2.45, 2.75) is 38.6 Å². The summed E-state index contributed by atoms with van der Waals surface area (Å²) < 4.78 is 5.52. The van der Waals surface area contributed by atoms with Crippen LogP contribution in [0.1, 0.15) is 38.2 Å². The van der Waals surface area contributed by atoms with Gasteiger partial charge in [0.1, 0.15) is 5.75 Å². The van der Waals surface area contributed by atoms with Gasteiger partial charge < -0.3 is 10.1 Å². The van der Waals surface area contributed by atoms with Crippen LogP contribution in [-0.4, -0.2) is 18.6 Å². The first-order valence-corrected chi connectivity index (χ1v) is 7.00. The fraction of sp³-hybridized carbons (Fsp3) is 0.438. The number of hydrogen-bond acceptors (Lipinski definition) is 2. The second-order valence-corrected chi connectivity index (χ2v) is 4.79. The van der Waals surface area contributed by atoms with Crippen LogP contribution in [0.25, 0.3) is 6.08 Å². The molecule has 3 nitrogen and oxygen atoms in total. The Morgan fingerprint density at radius 1 is 1.37 bits per heavy atom. The number of para-hydroxylation sites is 1. The van der Waals surface area contributed by atoms with E-state index >= 15 is 0 Å². The molecular weight excluding hydrogens is 238 g/mol. The molecule has 0 aromatic heterocycles. The average Bonchev–Trinajstić information content (AvgIpc) is 2.91. The molecule has 1 amide bonds. The van der Waals surface area contributed by atoms with E-state index in [1.54, 1.807) is 6.08 Å². The van der Waals surface area contributed by atoms with Crippen LogP contribution >= 0.6 is 0 Å². The smallest absolute Gasteiger partial charge is 0.244 e. The number of amides is 1. The van der Waals surface area contributed by atoms with E-state index in [4.69, 9.17) is 4.74 Å². The van der Waals surface area contributed by atoms with E-state index in [-0.39, 0.29) is 5.91 Å². The van der Waals surface area contributed by atoms with Crippen LogP contribution in [-0.2, 0) is 4.79 Å². The highest BCUT2D eigenvalue weighted by molar-refractivity contribution is 5.92. The van der Waals surface area contributed by atoms with Gasteiger partial charge in [-0.25, -0.2) is 0 Å². The minimum Gasteiger partial charge on any atom is -0.493 e. The van der Waals surface area contributed by atoms with E-state index < -0.39 is 0 Å². The van der Waals surface area contributed by atoms with Crippen LogP contribution in [0.2, 0.25) is 0 Å². The molecule has 1 N–H and O–H groups in total. The predicted molar refractivity (Wildman–Crippen MR) is 77.0 cm³/mol. The fourth-order valence-electron chi connectivity index (χ4n) is 2.39. The molecule has 19 heavy (non-hydrogen) atoms. The lowest BCUT2D eigenvalue weighted by molar-refractivity contribution is -0.117. The molecule has 0 unspecified atom stereocenters. The van der Waals surface area contributed by atoms with Crippen molar-refractivity contribution in [2.75, 3.05) is 6.61 Å². The Labute approximate surface area is 114 Å². The molecule has 1 aromatic rings. The molecule has 1 aliphatic rings. The van der Waals surface area contributed by atoms with Crippen molar-refractivity contribution >= 4 is 12.0 Å². The largest absolute Gasteiger partial charge is 0.493 e. The molecule has 102 valence electrons. The number of carbonyl (C=O) groups is 1. The monoisotopic (exact) mass is 259 g/mol. The molecule has 1 saturated carbocycles. The minimum atomic E-state index is -0.0156. The maximum Gasteiger partial charge on any atom is 0.244 e. The Morgan fingerprint density at radius 2 is 2.11 bits per heavy atom. The number of benzene rings is 1. The normalized spacial score (nSPS) is 15.8. The summed E-state index contributed by atoms with van der Waals surface area (Å²) in [5.74, 6) is 0.799. The van der Waals surface area contributed by atoms with E-state index in [0.29, 0.717) is 12.6 Å². The Bertz CT molecular complexity index is 448. The SMILES string of the molecule is CCOc1ccccc1C=CC(=O)NC1CCCC1. The van der Waals surface area contributed by atoms with E-state index in [9.17, 15) is 4.79 Å². The Morgan fingerprint density at radius 3 is 2.84 bits per heavy atom. The van der Waals surface area contributed by atoms with Crippen molar-refractivity contribution in [1.82, 2.24) is 5.32 Å². The van der Waals surface area contributed by atoms with Gasteiger partial charge in [0.05, 0.1) is 6.61 Å². The molecule has 0 atom stereocenters. The van der Waals surface area contributed by atoms with Crippen molar-refractivity contribution in [3.63, 3.8) is 0 Å². The number of carbonyl (C=O) groups excluding carboxylic acids is 1. The van der Waals surface area contributed by atoms with Gasteiger partial charge in [-0.3, -0.25) is 4.79 Å². The zero-order chi connectivity index (χ0) is 13.5. The van der Waals surface area contributed by atoms with Crippen LogP contribution < -0.4 is 10.1 Å². The number of rotatable bonds is 5. The minimum absolute atomic E-state index is 0.0156. The van der Waals surface area contributed by atoms with Crippen LogP contribution in [0.5, 0.6) is 5.75 Å². The summed E-state index contributed by atoms with van der Waals surface area (Å²) in [6.45, 7) is 2.58. The molecule has 0 heterocycles. The van der Waals surface area contributed by atoms with Crippen molar-refractivity contribution < 1.29 is 9.53 Å². The first-order valence-electron chi connectivity index (χ1n) is 7.00. The summed E-state index contributed by atoms with van der Waals surface area (Å²) >= 11 is 0. The lowest BCUT2D eigenvalue weighted by Gasteiger charge is -2.09. The fourth-order valence-corrected chi connectivity index (χ4v) is 2.39. The zero-order valence-electron chi connectivity index (χ0n) is 11.4. The van der Waals surface area contributed by atoms with Gasteiger partial charge in [0.25, 0.3) is 0 Å². The molecule has 0 spiro atoms. The van der Waals surface area contributed by atoms with Crippen LogP contribution in [0, 0.1) is 0 Å². The molecule has 1 aromatic carbocycles. The first-order chi connectivity index (χ1) is 9.29. The highest BCUT2D eigenvalue weighted by atomic mass is 16.5. The van der Waals surface area contributed by atoms with Crippen molar-refractivity contribution in [3.05, 3.63) is 35.9 Å².